The van der Waals surface area contributed by atoms with Crippen LogP contribution in [-0.2, 0) is 9.47 Å². The van der Waals surface area contributed by atoms with Crippen LogP contribution in [0.2, 0.25) is 0 Å². The zero-order valence-electron chi connectivity index (χ0n) is 13.3. The molecule has 3 aromatic carbocycles. The summed E-state index contributed by atoms with van der Waals surface area (Å²) in [4.78, 5) is 2.20. The summed E-state index contributed by atoms with van der Waals surface area (Å²) in [6, 6.07) is 24.3. The van der Waals surface area contributed by atoms with Gasteiger partial charge in [0.2, 0.25) is 0 Å². The van der Waals surface area contributed by atoms with Crippen LogP contribution in [0.1, 0.15) is 11.9 Å². The molecular weight excluding hydrogens is 314 g/mol. The van der Waals surface area contributed by atoms with Gasteiger partial charge in [-0.15, -0.1) is 0 Å². The highest BCUT2D eigenvalue weighted by atomic mass is 16.7. The van der Waals surface area contributed by atoms with Crippen molar-refractivity contribution in [2.45, 2.75) is 6.29 Å². The van der Waals surface area contributed by atoms with E-state index < -0.39 is 0 Å². The van der Waals surface area contributed by atoms with Crippen LogP contribution in [0.25, 0.3) is 0 Å². The predicted molar refractivity (Wildman–Crippen MR) is 95.3 cm³/mol. The minimum Gasteiger partial charge on any atom is -0.455 e. The van der Waals surface area contributed by atoms with Gasteiger partial charge in [-0.2, -0.15) is 0 Å². The maximum Gasteiger partial charge on any atom is 0.266 e. The highest BCUT2D eigenvalue weighted by Gasteiger charge is 2.25. The Labute approximate surface area is 145 Å². The van der Waals surface area contributed by atoms with Crippen LogP contribution in [0.3, 0.4) is 0 Å². The first kappa shape index (κ1) is 14.0. The van der Waals surface area contributed by atoms with Crippen molar-refractivity contribution in [1.29, 1.82) is 0 Å². The Kier molecular flexibility index (Phi) is 3.13. The third kappa shape index (κ3) is 2.31. The molecule has 0 saturated heterocycles. The molecule has 2 heterocycles. The molecule has 0 aliphatic carbocycles. The number of hydrogen-bond acceptors (Lipinski definition) is 4. The van der Waals surface area contributed by atoms with E-state index in [0.717, 1.165) is 34.1 Å². The Bertz CT molecular complexity index is 896. The van der Waals surface area contributed by atoms with Crippen LogP contribution in [0.15, 0.2) is 85.3 Å². The minimum absolute atomic E-state index is 0.363. The van der Waals surface area contributed by atoms with E-state index in [9.17, 15) is 0 Å². The average molecular weight is 329 g/mol. The number of benzene rings is 3. The normalized spacial score (nSPS) is 15.0. The molecule has 0 bridgehead atoms. The molecule has 2 aliphatic heterocycles. The van der Waals surface area contributed by atoms with Gasteiger partial charge in [-0.25, -0.2) is 0 Å². The van der Waals surface area contributed by atoms with Crippen molar-refractivity contribution in [3.05, 3.63) is 90.9 Å². The van der Waals surface area contributed by atoms with Crippen LogP contribution in [0.5, 0.6) is 11.5 Å². The van der Waals surface area contributed by atoms with Crippen molar-refractivity contribution in [2.24, 2.45) is 0 Å². The molecule has 3 aromatic rings. The summed E-state index contributed by atoms with van der Waals surface area (Å²) in [6.07, 6.45) is 2.76. The number of para-hydroxylation sites is 4. The van der Waals surface area contributed by atoms with E-state index in [1.54, 1.807) is 12.5 Å². The molecule has 0 saturated carbocycles. The topological polar surface area (TPSA) is 30.9 Å². The number of hydrogen-bond donors (Lipinski definition) is 0. The number of ether oxygens (including phenoxy) is 3. The maximum absolute atomic E-state index is 6.04. The lowest BCUT2D eigenvalue weighted by atomic mass is 10.1. The van der Waals surface area contributed by atoms with E-state index in [1.165, 1.54) is 0 Å². The predicted octanol–water partition coefficient (Wildman–Crippen LogP) is 5.78. The van der Waals surface area contributed by atoms with Crippen LogP contribution in [-0.4, -0.2) is 0 Å². The number of fused-ring (bicyclic) bond motifs is 2. The molecule has 0 aromatic heterocycles. The van der Waals surface area contributed by atoms with E-state index in [1.807, 2.05) is 48.5 Å². The largest absolute Gasteiger partial charge is 0.455 e. The number of nitrogens with zero attached hydrogens (tertiary/aromatic N) is 1. The SMILES string of the molecule is C1=COC(c2ccc(N3c4ccccc4Oc4ccccc43)cc2)O1. The standard InChI is InChI=1S/C21H15NO3/c1-3-7-19-17(5-1)22(18-6-2-4-8-20(18)25-19)16-11-9-15(10-12-16)21-23-13-14-24-21/h1-14,21H. The molecule has 4 heteroatoms. The second kappa shape index (κ2) is 5.60. The minimum atomic E-state index is -0.363. The van der Waals surface area contributed by atoms with Gasteiger partial charge in [0, 0.05) is 11.3 Å². The molecule has 0 spiro atoms. The van der Waals surface area contributed by atoms with Gasteiger partial charge in [0.25, 0.3) is 6.29 Å². The smallest absolute Gasteiger partial charge is 0.266 e. The molecule has 5 rings (SSSR count). The Hall–Kier alpha value is -3.40. The monoisotopic (exact) mass is 329 g/mol. The number of anilines is 3. The third-order valence-corrected chi connectivity index (χ3v) is 4.32. The summed E-state index contributed by atoms with van der Waals surface area (Å²) in [5.41, 5.74) is 4.06. The van der Waals surface area contributed by atoms with Crippen molar-refractivity contribution in [2.75, 3.05) is 4.90 Å². The molecule has 0 amide bonds. The molecule has 4 nitrogen and oxygen atoms in total. The summed E-state index contributed by atoms with van der Waals surface area (Å²) in [5, 5.41) is 0. The summed E-state index contributed by atoms with van der Waals surface area (Å²) in [7, 11) is 0. The summed E-state index contributed by atoms with van der Waals surface area (Å²) < 4.78 is 16.8. The second-order valence-corrected chi connectivity index (χ2v) is 5.84. The fraction of sp³-hybridized carbons (Fsp3) is 0.0476. The van der Waals surface area contributed by atoms with E-state index in [2.05, 4.69) is 29.2 Å². The lowest BCUT2D eigenvalue weighted by Gasteiger charge is -2.32. The lowest BCUT2D eigenvalue weighted by molar-refractivity contribution is -0.0245. The molecule has 0 N–H and O–H groups in total. The van der Waals surface area contributed by atoms with Gasteiger partial charge in [0.1, 0.15) is 12.5 Å². The average Bonchev–Trinajstić information content (AvgIpc) is 3.21. The van der Waals surface area contributed by atoms with Crippen molar-refractivity contribution < 1.29 is 14.2 Å². The molecule has 2 aliphatic rings. The zero-order chi connectivity index (χ0) is 16.6. The molecule has 0 radical (unpaired) electrons. The highest BCUT2D eigenvalue weighted by molar-refractivity contribution is 5.86. The van der Waals surface area contributed by atoms with Crippen molar-refractivity contribution in [3.8, 4) is 11.5 Å². The Morgan fingerprint density at radius 2 is 1.20 bits per heavy atom. The summed E-state index contributed by atoms with van der Waals surface area (Å²) in [5.74, 6) is 1.69. The molecule has 122 valence electrons. The lowest BCUT2D eigenvalue weighted by Crippen LogP contribution is -2.15. The first-order chi connectivity index (χ1) is 12.4. The first-order valence-electron chi connectivity index (χ1n) is 8.12. The van der Waals surface area contributed by atoms with Gasteiger partial charge in [-0.05, 0) is 48.5 Å². The fourth-order valence-corrected chi connectivity index (χ4v) is 3.16. The van der Waals surface area contributed by atoms with Gasteiger partial charge >= 0.3 is 0 Å². The van der Waals surface area contributed by atoms with Crippen LogP contribution >= 0.6 is 0 Å². The van der Waals surface area contributed by atoms with Gasteiger partial charge < -0.3 is 19.1 Å². The van der Waals surface area contributed by atoms with Gasteiger partial charge in [0.05, 0.1) is 11.4 Å². The van der Waals surface area contributed by atoms with Crippen LogP contribution in [0.4, 0.5) is 17.1 Å². The van der Waals surface area contributed by atoms with E-state index in [0.29, 0.717) is 0 Å². The van der Waals surface area contributed by atoms with Crippen LogP contribution in [0, 0.1) is 0 Å². The van der Waals surface area contributed by atoms with Gasteiger partial charge in [-0.1, -0.05) is 24.3 Å². The first-order valence-corrected chi connectivity index (χ1v) is 8.12. The summed E-state index contributed by atoms with van der Waals surface area (Å²) >= 11 is 0. The van der Waals surface area contributed by atoms with Gasteiger partial charge in [0.15, 0.2) is 11.5 Å². The molecule has 0 atom stereocenters. The highest BCUT2D eigenvalue weighted by Crippen LogP contribution is 2.50. The van der Waals surface area contributed by atoms with E-state index in [4.69, 9.17) is 14.2 Å². The summed E-state index contributed by atoms with van der Waals surface area (Å²) in [6.45, 7) is 0. The Morgan fingerprint density at radius 1 is 0.640 bits per heavy atom. The molecule has 0 unspecified atom stereocenters. The van der Waals surface area contributed by atoms with E-state index in [-0.39, 0.29) is 6.29 Å². The molecule has 0 fully saturated rings. The zero-order valence-corrected chi connectivity index (χ0v) is 13.3. The Morgan fingerprint density at radius 3 is 1.80 bits per heavy atom. The van der Waals surface area contributed by atoms with Crippen molar-refractivity contribution in [1.82, 2.24) is 0 Å². The van der Waals surface area contributed by atoms with E-state index >= 15 is 0 Å². The fourth-order valence-electron chi connectivity index (χ4n) is 3.16. The molecular formula is C21H15NO3. The van der Waals surface area contributed by atoms with Crippen LogP contribution < -0.4 is 9.64 Å². The second-order valence-electron chi connectivity index (χ2n) is 5.84. The quantitative estimate of drug-likeness (QED) is 0.466. The van der Waals surface area contributed by atoms with Crippen molar-refractivity contribution in [3.63, 3.8) is 0 Å². The van der Waals surface area contributed by atoms with Gasteiger partial charge in [-0.3, -0.25) is 0 Å². The number of rotatable bonds is 2. The third-order valence-electron chi connectivity index (χ3n) is 4.32. The van der Waals surface area contributed by atoms with Crippen molar-refractivity contribution >= 4 is 17.1 Å². The Balaban J connectivity index is 1.59. The maximum atomic E-state index is 6.04. The molecule has 25 heavy (non-hydrogen) atoms.